The number of rotatable bonds is 4. The Balaban J connectivity index is 2.15. The van der Waals surface area contributed by atoms with Crippen molar-refractivity contribution < 1.29 is 4.74 Å². The Morgan fingerprint density at radius 1 is 1.35 bits per heavy atom. The zero-order valence-electron chi connectivity index (χ0n) is 9.37. The van der Waals surface area contributed by atoms with Crippen molar-refractivity contribution in [1.82, 2.24) is 0 Å². The molecule has 17 heavy (non-hydrogen) atoms. The molecule has 0 spiro atoms. The largest absolute Gasteiger partial charge is 0.478 e. The minimum absolute atomic E-state index is 0.188. The summed E-state index contributed by atoms with van der Waals surface area (Å²) in [5, 5.41) is 0. The van der Waals surface area contributed by atoms with Gasteiger partial charge >= 0.3 is 0 Å². The second-order valence-electron chi connectivity index (χ2n) is 3.75. The van der Waals surface area contributed by atoms with Gasteiger partial charge in [0.25, 0.3) is 0 Å². The Morgan fingerprint density at radius 3 is 2.82 bits per heavy atom. The van der Waals surface area contributed by atoms with Crippen molar-refractivity contribution in [3.05, 3.63) is 50.1 Å². The van der Waals surface area contributed by atoms with Gasteiger partial charge in [-0.1, -0.05) is 23.7 Å². The molecular formula is C13H12BrClOS. The first-order valence-electron chi connectivity index (χ1n) is 5.21. The van der Waals surface area contributed by atoms with Crippen LogP contribution in [0.3, 0.4) is 0 Å². The molecule has 90 valence electrons. The van der Waals surface area contributed by atoms with Gasteiger partial charge in [0.1, 0.15) is 5.75 Å². The fourth-order valence-corrected chi connectivity index (χ4v) is 3.41. The summed E-state index contributed by atoms with van der Waals surface area (Å²) in [4.78, 5) is 1.34. The lowest BCUT2D eigenvalue weighted by Crippen LogP contribution is -1.91. The molecule has 1 aromatic heterocycles. The zero-order valence-corrected chi connectivity index (χ0v) is 12.5. The Labute approximate surface area is 119 Å². The van der Waals surface area contributed by atoms with Crippen molar-refractivity contribution in [2.45, 2.75) is 13.3 Å². The lowest BCUT2D eigenvalue weighted by Gasteiger charge is -2.04. The number of hydrogen-bond acceptors (Lipinski definition) is 2. The average molecular weight is 332 g/mol. The van der Waals surface area contributed by atoms with Crippen molar-refractivity contribution in [1.29, 1.82) is 0 Å². The van der Waals surface area contributed by atoms with Gasteiger partial charge in [-0.3, -0.25) is 0 Å². The minimum atomic E-state index is 0.188. The summed E-state index contributed by atoms with van der Waals surface area (Å²) >= 11 is 10.9. The second kappa shape index (κ2) is 5.89. The Bertz CT molecular complexity index is 490. The van der Waals surface area contributed by atoms with E-state index < -0.39 is 0 Å². The molecule has 1 aromatic carbocycles. The van der Waals surface area contributed by atoms with E-state index in [1.165, 1.54) is 19.8 Å². The van der Waals surface area contributed by atoms with Crippen LogP contribution in [-0.4, -0.2) is 6.07 Å². The molecule has 0 radical (unpaired) electrons. The van der Waals surface area contributed by atoms with E-state index >= 15 is 0 Å². The van der Waals surface area contributed by atoms with E-state index in [4.69, 9.17) is 16.3 Å². The van der Waals surface area contributed by atoms with Gasteiger partial charge in [0.2, 0.25) is 0 Å². The first-order chi connectivity index (χ1) is 8.19. The third kappa shape index (κ3) is 3.47. The standard InChI is InChI=1S/C13H12BrClOS/c1-9-5-12(17-13(9)14)7-10-3-2-4-11(6-10)16-8-15/h2-6H,7-8H2,1H3. The van der Waals surface area contributed by atoms with Crippen LogP contribution in [0.15, 0.2) is 34.1 Å². The van der Waals surface area contributed by atoms with Crippen molar-refractivity contribution in [2.75, 3.05) is 6.07 Å². The molecule has 0 saturated heterocycles. The lowest BCUT2D eigenvalue weighted by atomic mass is 10.1. The highest BCUT2D eigenvalue weighted by molar-refractivity contribution is 9.11. The van der Waals surface area contributed by atoms with Gasteiger partial charge in [-0.25, -0.2) is 0 Å². The molecule has 1 heterocycles. The third-order valence-corrected chi connectivity index (χ3v) is 4.65. The van der Waals surface area contributed by atoms with Gasteiger partial charge in [0.05, 0.1) is 3.79 Å². The van der Waals surface area contributed by atoms with E-state index in [1.807, 2.05) is 18.2 Å². The Morgan fingerprint density at radius 2 is 2.18 bits per heavy atom. The quantitative estimate of drug-likeness (QED) is 0.718. The van der Waals surface area contributed by atoms with E-state index in [2.05, 4.69) is 35.0 Å². The summed E-state index contributed by atoms with van der Waals surface area (Å²) in [6, 6.07) is 10.4. The predicted octanol–water partition coefficient (Wildman–Crippen LogP) is 4.98. The van der Waals surface area contributed by atoms with Crippen LogP contribution in [0.2, 0.25) is 0 Å². The lowest BCUT2D eigenvalue weighted by molar-refractivity contribution is 0.387. The first kappa shape index (κ1) is 12.9. The summed E-state index contributed by atoms with van der Waals surface area (Å²) in [5.41, 5.74) is 2.53. The fourth-order valence-electron chi connectivity index (χ4n) is 1.62. The van der Waals surface area contributed by atoms with Crippen molar-refractivity contribution >= 4 is 38.9 Å². The molecule has 2 rings (SSSR count). The molecule has 0 saturated carbocycles. The second-order valence-corrected chi connectivity index (χ2v) is 6.42. The van der Waals surface area contributed by atoms with Gasteiger partial charge in [-0.15, -0.1) is 11.3 Å². The van der Waals surface area contributed by atoms with E-state index in [9.17, 15) is 0 Å². The Kier molecular flexibility index (Phi) is 4.48. The number of aryl methyl sites for hydroxylation is 1. The smallest absolute Gasteiger partial charge is 0.162 e. The molecule has 0 aliphatic carbocycles. The number of halogens is 2. The molecule has 0 amide bonds. The number of thiophene rings is 1. The Hall–Kier alpha value is -0.510. The summed E-state index contributed by atoms with van der Waals surface area (Å²) in [6.07, 6.45) is 0.927. The SMILES string of the molecule is Cc1cc(Cc2cccc(OCCl)c2)sc1Br. The van der Waals surface area contributed by atoms with E-state index in [0.29, 0.717) is 0 Å². The van der Waals surface area contributed by atoms with Gasteiger partial charge in [-0.05, 0) is 52.2 Å². The third-order valence-electron chi connectivity index (χ3n) is 2.41. The predicted molar refractivity (Wildman–Crippen MR) is 77.4 cm³/mol. The molecular weight excluding hydrogens is 320 g/mol. The topological polar surface area (TPSA) is 9.23 Å². The van der Waals surface area contributed by atoms with Crippen LogP contribution in [0.5, 0.6) is 5.75 Å². The number of benzene rings is 1. The zero-order chi connectivity index (χ0) is 12.3. The normalized spacial score (nSPS) is 10.5. The molecule has 0 unspecified atom stereocenters. The van der Waals surface area contributed by atoms with Crippen LogP contribution < -0.4 is 4.74 Å². The first-order valence-corrected chi connectivity index (χ1v) is 7.36. The molecule has 0 fully saturated rings. The van der Waals surface area contributed by atoms with Gasteiger partial charge in [0.15, 0.2) is 6.07 Å². The molecule has 2 aromatic rings. The number of alkyl halides is 1. The average Bonchev–Trinajstić information content (AvgIpc) is 2.59. The highest BCUT2D eigenvalue weighted by Crippen LogP contribution is 2.29. The summed E-state index contributed by atoms with van der Waals surface area (Å²) < 4.78 is 6.48. The van der Waals surface area contributed by atoms with Crippen molar-refractivity contribution in [3.63, 3.8) is 0 Å². The highest BCUT2D eigenvalue weighted by Gasteiger charge is 2.04. The monoisotopic (exact) mass is 330 g/mol. The summed E-state index contributed by atoms with van der Waals surface area (Å²) in [5.74, 6) is 0.824. The molecule has 0 aliphatic heterocycles. The molecule has 0 N–H and O–H groups in total. The maximum Gasteiger partial charge on any atom is 0.162 e. The fraction of sp³-hybridized carbons (Fsp3) is 0.231. The molecule has 0 bridgehead atoms. The van der Waals surface area contributed by atoms with E-state index in [1.54, 1.807) is 11.3 Å². The van der Waals surface area contributed by atoms with Crippen LogP contribution in [-0.2, 0) is 6.42 Å². The number of ether oxygens (including phenoxy) is 1. The molecule has 1 nitrogen and oxygen atoms in total. The summed E-state index contributed by atoms with van der Waals surface area (Å²) in [7, 11) is 0. The highest BCUT2D eigenvalue weighted by atomic mass is 79.9. The van der Waals surface area contributed by atoms with Crippen LogP contribution in [0, 0.1) is 6.92 Å². The summed E-state index contributed by atoms with van der Waals surface area (Å²) in [6.45, 7) is 2.11. The van der Waals surface area contributed by atoms with Crippen LogP contribution in [0.1, 0.15) is 16.0 Å². The van der Waals surface area contributed by atoms with Gasteiger partial charge < -0.3 is 4.74 Å². The van der Waals surface area contributed by atoms with E-state index in [0.717, 1.165) is 12.2 Å². The molecule has 0 atom stereocenters. The van der Waals surface area contributed by atoms with Gasteiger partial charge in [0, 0.05) is 11.3 Å². The van der Waals surface area contributed by atoms with Crippen LogP contribution >= 0.6 is 38.9 Å². The van der Waals surface area contributed by atoms with Gasteiger partial charge in [-0.2, -0.15) is 0 Å². The van der Waals surface area contributed by atoms with Crippen molar-refractivity contribution in [2.24, 2.45) is 0 Å². The molecule has 4 heteroatoms. The van der Waals surface area contributed by atoms with E-state index in [-0.39, 0.29) is 6.07 Å². The maximum atomic E-state index is 5.55. The van der Waals surface area contributed by atoms with Crippen LogP contribution in [0.4, 0.5) is 0 Å². The maximum absolute atomic E-state index is 5.55. The minimum Gasteiger partial charge on any atom is -0.478 e. The van der Waals surface area contributed by atoms with Crippen LogP contribution in [0.25, 0.3) is 0 Å². The number of hydrogen-bond donors (Lipinski definition) is 0. The van der Waals surface area contributed by atoms with Crippen molar-refractivity contribution in [3.8, 4) is 5.75 Å². The molecule has 0 aliphatic rings.